The molecule has 1 aliphatic heterocycles. The standard InChI is InChI=1S/C21H21ClN4O3/c1-26-11-10-23-20(26)19(14-6-8-15(22)9-7-14)25-21(27)24-12-16-13-28-17-4-2-3-5-18(17)29-16/h2-11,16,19H,12-13H2,1H3,(H2,24,25,27)/t16-,19+/m1/s1. The van der Waals surface area contributed by atoms with E-state index in [2.05, 4.69) is 15.6 Å². The van der Waals surface area contributed by atoms with Crippen LogP contribution in [0.25, 0.3) is 0 Å². The number of benzene rings is 2. The van der Waals surface area contributed by atoms with Crippen LogP contribution in [0.1, 0.15) is 17.4 Å². The number of amides is 2. The number of aromatic nitrogens is 2. The highest BCUT2D eigenvalue weighted by Gasteiger charge is 2.23. The molecular weight excluding hydrogens is 392 g/mol. The van der Waals surface area contributed by atoms with Crippen LogP contribution in [0.15, 0.2) is 60.9 Å². The van der Waals surface area contributed by atoms with E-state index in [-0.39, 0.29) is 12.1 Å². The summed E-state index contributed by atoms with van der Waals surface area (Å²) in [4.78, 5) is 17.0. The molecule has 2 heterocycles. The Kier molecular flexibility index (Phi) is 5.57. The minimum Gasteiger partial charge on any atom is -0.486 e. The average Bonchev–Trinajstić information content (AvgIpc) is 3.16. The Morgan fingerprint density at radius 2 is 2.00 bits per heavy atom. The van der Waals surface area contributed by atoms with Crippen LogP contribution in [0.3, 0.4) is 0 Å². The van der Waals surface area contributed by atoms with E-state index in [9.17, 15) is 4.79 Å². The number of hydrogen-bond acceptors (Lipinski definition) is 4. The zero-order valence-electron chi connectivity index (χ0n) is 15.8. The van der Waals surface area contributed by atoms with Gasteiger partial charge >= 0.3 is 6.03 Å². The van der Waals surface area contributed by atoms with E-state index in [4.69, 9.17) is 21.1 Å². The summed E-state index contributed by atoms with van der Waals surface area (Å²) < 4.78 is 13.4. The van der Waals surface area contributed by atoms with E-state index in [0.717, 1.165) is 5.56 Å². The normalized spacial score (nSPS) is 16.1. The molecule has 0 bridgehead atoms. The number of nitrogens with one attached hydrogen (secondary N) is 2. The Bertz CT molecular complexity index is 990. The second-order valence-corrected chi connectivity index (χ2v) is 7.17. The van der Waals surface area contributed by atoms with Crippen molar-refractivity contribution in [3.05, 3.63) is 77.3 Å². The summed E-state index contributed by atoms with van der Waals surface area (Å²) in [5, 5.41) is 6.47. The summed E-state index contributed by atoms with van der Waals surface area (Å²) in [7, 11) is 1.88. The van der Waals surface area contributed by atoms with Gasteiger partial charge in [0.05, 0.1) is 6.54 Å². The topological polar surface area (TPSA) is 77.4 Å². The monoisotopic (exact) mass is 412 g/mol. The molecule has 2 N–H and O–H groups in total. The van der Waals surface area contributed by atoms with Crippen molar-refractivity contribution in [3.63, 3.8) is 0 Å². The first-order valence-corrected chi connectivity index (χ1v) is 9.63. The highest BCUT2D eigenvalue weighted by atomic mass is 35.5. The molecule has 0 aliphatic carbocycles. The number of imidazole rings is 1. The fourth-order valence-corrected chi connectivity index (χ4v) is 3.29. The molecule has 0 saturated carbocycles. The first kappa shape index (κ1) is 19.1. The van der Waals surface area contributed by atoms with E-state index < -0.39 is 6.04 Å². The quantitative estimate of drug-likeness (QED) is 0.674. The third-order valence-electron chi connectivity index (χ3n) is 4.65. The number of fused-ring (bicyclic) bond motifs is 1. The van der Waals surface area contributed by atoms with Crippen LogP contribution in [0.4, 0.5) is 4.79 Å². The van der Waals surface area contributed by atoms with Crippen LogP contribution in [0, 0.1) is 0 Å². The summed E-state index contributed by atoms with van der Waals surface area (Å²) in [5.74, 6) is 2.11. The minimum atomic E-state index is -0.420. The van der Waals surface area contributed by atoms with Crippen molar-refractivity contribution in [1.82, 2.24) is 20.2 Å². The van der Waals surface area contributed by atoms with E-state index in [1.165, 1.54) is 0 Å². The predicted octanol–water partition coefficient (Wildman–Crippen LogP) is 3.30. The van der Waals surface area contributed by atoms with E-state index in [1.54, 1.807) is 18.3 Å². The third-order valence-corrected chi connectivity index (χ3v) is 4.91. The average molecular weight is 413 g/mol. The van der Waals surface area contributed by atoms with Gasteiger partial charge in [0.2, 0.25) is 0 Å². The van der Waals surface area contributed by atoms with Crippen molar-refractivity contribution in [2.24, 2.45) is 7.05 Å². The smallest absolute Gasteiger partial charge is 0.315 e. The number of hydrogen-bond donors (Lipinski definition) is 2. The molecule has 2 atom stereocenters. The highest BCUT2D eigenvalue weighted by Crippen LogP contribution is 2.30. The molecule has 1 aromatic heterocycles. The molecule has 29 heavy (non-hydrogen) atoms. The predicted molar refractivity (Wildman–Crippen MR) is 109 cm³/mol. The zero-order valence-corrected chi connectivity index (χ0v) is 16.6. The fourth-order valence-electron chi connectivity index (χ4n) is 3.16. The van der Waals surface area contributed by atoms with Gasteiger partial charge < -0.3 is 24.7 Å². The summed E-state index contributed by atoms with van der Waals surface area (Å²) in [6.07, 6.45) is 3.27. The Balaban J connectivity index is 1.41. The Labute approximate surface area is 173 Å². The van der Waals surface area contributed by atoms with Crippen molar-refractivity contribution in [2.75, 3.05) is 13.2 Å². The van der Waals surface area contributed by atoms with Crippen molar-refractivity contribution >= 4 is 17.6 Å². The molecule has 2 amide bonds. The van der Waals surface area contributed by atoms with Crippen LogP contribution in [0.2, 0.25) is 5.02 Å². The molecule has 0 radical (unpaired) electrons. The van der Waals surface area contributed by atoms with Crippen LogP contribution < -0.4 is 20.1 Å². The lowest BCUT2D eigenvalue weighted by Crippen LogP contribution is -2.45. The van der Waals surface area contributed by atoms with E-state index in [0.29, 0.717) is 35.5 Å². The lowest BCUT2D eigenvalue weighted by molar-refractivity contribution is 0.0917. The van der Waals surface area contributed by atoms with Gasteiger partial charge in [-0.25, -0.2) is 9.78 Å². The summed E-state index contributed by atoms with van der Waals surface area (Å²) in [6, 6.07) is 14.1. The molecule has 8 heteroatoms. The molecule has 1 aliphatic rings. The first-order valence-electron chi connectivity index (χ1n) is 9.25. The maximum absolute atomic E-state index is 12.6. The minimum absolute atomic E-state index is 0.266. The maximum Gasteiger partial charge on any atom is 0.315 e. The number of nitrogens with zero attached hydrogens (tertiary/aromatic N) is 2. The van der Waals surface area contributed by atoms with Crippen molar-refractivity contribution < 1.29 is 14.3 Å². The van der Waals surface area contributed by atoms with Crippen LogP contribution in [0.5, 0.6) is 11.5 Å². The number of urea groups is 1. The van der Waals surface area contributed by atoms with Crippen LogP contribution in [-0.2, 0) is 7.05 Å². The Morgan fingerprint density at radius 3 is 2.72 bits per heavy atom. The second-order valence-electron chi connectivity index (χ2n) is 6.73. The van der Waals surface area contributed by atoms with Gasteiger partial charge in [-0.3, -0.25) is 0 Å². The number of carbonyl (C=O) groups excluding carboxylic acids is 1. The Morgan fingerprint density at radius 1 is 1.24 bits per heavy atom. The molecular formula is C21H21ClN4O3. The number of para-hydroxylation sites is 2. The molecule has 0 fully saturated rings. The van der Waals surface area contributed by atoms with Crippen molar-refractivity contribution in [2.45, 2.75) is 12.1 Å². The lowest BCUT2D eigenvalue weighted by atomic mass is 10.1. The van der Waals surface area contributed by atoms with Crippen molar-refractivity contribution in [3.8, 4) is 11.5 Å². The second kappa shape index (κ2) is 8.45. The highest BCUT2D eigenvalue weighted by molar-refractivity contribution is 6.30. The van der Waals surface area contributed by atoms with Gasteiger partial charge in [-0.05, 0) is 29.8 Å². The first-order chi connectivity index (χ1) is 14.1. The van der Waals surface area contributed by atoms with Gasteiger partial charge in [0.15, 0.2) is 17.6 Å². The van der Waals surface area contributed by atoms with Gasteiger partial charge in [0.25, 0.3) is 0 Å². The molecule has 0 spiro atoms. The summed E-state index contributed by atoms with van der Waals surface area (Å²) in [5.41, 5.74) is 0.880. The molecule has 150 valence electrons. The molecule has 0 unspecified atom stereocenters. The van der Waals surface area contributed by atoms with E-state index >= 15 is 0 Å². The van der Waals surface area contributed by atoms with Gasteiger partial charge in [0, 0.05) is 24.5 Å². The molecule has 4 rings (SSSR count). The number of aryl methyl sites for hydroxylation is 1. The molecule has 7 nitrogen and oxygen atoms in total. The van der Waals surface area contributed by atoms with Crippen LogP contribution >= 0.6 is 11.6 Å². The number of halogens is 1. The molecule has 2 aromatic carbocycles. The Hall–Kier alpha value is -3.19. The third kappa shape index (κ3) is 4.46. The van der Waals surface area contributed by atoms with E-state index in [1.807, 2.05) is 54.2 Å². The van der Waals surface area contributed by atoms with Gasteiger partial charge in [-0.2, -0.15) is 0 Å². The molecule has 0 saturated heterocycles. The van der Waals surface area contributed by atoms with Gasteiger partial charge in [0.1, 0.15) is 18.5 Å². The van der Waals surface area contributed by atoms with Gasteiger partial charge in [-0.15, -0.1) is 0 Å². The lowest BCUT2D eigenvalue weighted by Gasteiger charge is -2.27. The van der Waals surface area contributed by atoms with Crippen LogP contribution in [-0.4, -0.2) is 34.8 Å². The fraction of sp³-hybridized carbons (Fsp3) is 0.238. The zero-order chi connectivity index (χ0) is 20.2. The van der Waals surface area contributed by atoms with Crippen molar-refractivity contribution in [1.29, 1.82) is 0 Å². The maximum atomic E-state index is 12.6. The van der Waals surface area contributed by atoms with Gasteiger partial charge in [-0.1, -0.05) is 35.9 Å². The molecule has 3 aromatic rings. The number of rotatable bonds is 5. The summed E-state index contributed by atoms with van der Waals surface area (Å²) >= 11 is 6.00. The largest absolute Gasteiger partial charge is 0.486 e. The number of ether oxygens (including phenoxy) is 2. The summed E-state index contributed by atoms with van der Waals surface area (Å²) in [6.45, 7) is 0.686. The SMILES string of the molecule is Cn1ccnc1[C@@H](NC(=O)NC[C@@H]1COc2ccccc2O1)c1ccc(Cl)cc1. The number of carbonyl (C=O) groups is 1.